The van der Waals surface area contributed by atoms with Crippen LogP contribution in [0, 0.1) is 5.92 Å². The molecule has 1 aliphatic heterocycles. The molecule has 0 saturated carbocycles. The quantitative estimate of drug-likeness (QED) is 0.741. The lowest BCUT2D eigenvalue weighted by Crippen LogP contribution is -2.40. The minimum absolute atomic E-state index is 0.0411. The van der Waals surface area contributed by atoms with Crippen molar-refractivity contribution in [3.05, 3.63) is 60.7 Å². The van der Waals surface area contributed by atoms with Gasteiger partial charge < -0.3 is 10.2 Å². The Kier molecular flexibility index (Phi) is 5.04. The van der Waals surface area contributed by atoms with Crippen molar-refractivity contribution in [2.75, 3.05) is 18.0 Å². The van der Waals surface area contributed by atoms with Crippen LogP contribution in [0.1, 0.15) is 18.4 Å². The first-order valence-corrected chi connectivity index (χ1v) is 9.05. The summed E-state index contributed by atoms with van der Waals surface area (Å²) < 4.78 is 1.68. The number of anilines is 1. The molecule has 4 heterocycles. The Bertz CT molecular complexity index is 857. The van der Waals surface area contributed by atoms with Crippen LogP contribution in [0.25, 0.3) is 5.82 Å². The highest BCUT2D eigenvalue weighted by Crippen LogP contribution is 2.22. The summed E-state index contributed by atoms with van der Waals surface area (Å²) in [6.07, 6.45) is 8.63. The van der Waals surface area contributed by atoms with Crippen molar-refractivity contribution in [2.24, 2.45) is 5.92 Å². The van der Waals surface area contributed by atoms with Crippen molar-refractivity contribution in [2.45, 2.75) is 19.4 Å². The highest BCUT2D eigenvalue weighted by atomic mass is 16.1. The fourth-order valence-corrected chi connectivity index (χ4v) is 3.22. The Morgan fingerprint density at radius 1 is 1.04 bits per heavy atom. The number of hydrogen-bond acceptors (Lipinski definition) is 6. The molecule has 138 valence electrons. The molecule has 0 radical (unpaired) electrons. The molecule has 0 bridgehead atoms. The number of nitrogens with one attached hydrogen (secondary N) is 1. The Hall–Kier alpha value is -3.29. The van der Waals surface area contributed by atoms with Gasteiger partial charge in [-0.25, -0.2) is 4.68 Å². The third-order valence-corrected chi connectivity index (χ3v) is 4.78. The van der Waals surface area contributed by atoms with Gasteiger partial charge in [0, 0.05) is 50.3 Å². The summed E-state index contributed by atoms with van der Waals surface area (Å²) in [7, 11) is 0. The van der Waals surface area contributed by atoms with E-state index in [9.17, 15) is 4.79 Å². The highest BCUT2D eigenvalue weighted by Gasteiger charge is 2.25. The lowest BCUT2D eigenvalue weighted by Gasteiger charge is -2.31. The van der Waals surface area contributed by atoms with E-state index in [1.807, 2.05) is 36.5 Å². The topological polar surface area (TPSA) is 88.8 Å². The summed E-state index contributed by atoms with van der Waals surface area (Å²) in [5.41, 5.74) is 1.06. The number of rotatable bonds is 5. The Balaban J connectivity index is 1.29. The molecule has 1 N–H and O–H groups in total. The van der Waals surface area contributed by atoms with Crippen molar-refractivity contribution in [1.82, 2.24) is 30.3 Å². The molecule has 1 amide bonds. The second-order valence-corrected chi connectivity index (χ2v) is 6.53. The molecule has 1 fully saturated rings. The minimum Gasteiger partial charge on any atom is -0.355 e. The van der Waals surface area contributed by atoms with Crippen molar-refractivity contribution in [3.63, 3.8) is 0 Å². The van der Waals surface area contributed by atoms with Gasteiger partial charge in [0.1, 0.15) is 0 Å². The van der Waals surface area contributed by atoms with Crippen LogP contribution in [0.5, 0.6) is 0 Å². The normalized spacial score (nSPS) is 14.9. The lowest BCUT2D eigenvalue weighted by atomic mass is 9.96. The van der Waals surface area contributed by atoms with Crippen LogP contribution in [0.2, 0.25) is 0 Å². The van der Waals surface area contributed by atoms with Gasteiger partial charge in [0.2, 0.25) is 5.91 Å². The first-order valence-electron chi connectivity index (χ1n) is 9.05. The maximum Gasteiger partial charge on any atom is 0.223 e. The second-order valence-electron chi connectivity index (χ2n) is 6.53. The van der Waals surface area contributed by atoms with Gasteiger partial charge in [-0.15, -0.1) is 10.2 Å². The number of piperidine rings is 1. The largest absolute Gasteiger partial charge is 0.355 e. The summed E-state index contributed by atoms with van der Waals surface area (Å²) in [4.78, 5) is 18.6. The van der Waals surface area contributed by atoms with Crippen LogP contribution < -0.4 is 10.2 Å². The Morgan fingerprint density at radius 2 is 1.78 bits per heavy atom. The summed E-state index contributed by atoms with van der Waals surface area (Å²) in [5.74, 6) is 1.68. The molecule has 0 aromatic carbocycles. The fraction of sp³-hybridized carbons (Fsp3) is 0.316. The van der Waals surface area contributed by atoms with Gasteiger partial charge >= 0.3 is 0 Å². The number of nitrogens with zero attached hydrogens (tertiary/aromatic N) is 6. The average molecular weight is 363 g/mol. The summed E-state index contributed by atoms with van der Waals surface area (Å²) in [5, 5.41) is 15.7. The molecule has 3 aromatic heterocycles. The number of carbonyl (C=O) groups is 1. The smallest absolute Gasteiger partial charge is 0.223 e. The molecule has 3 aromatic rings. The summed E-state index contributed by atoms with van der Waals surface area (Å²) >= 11 is 0. The van der Waals surface area contributed by atoms with Crippen molar-refractivity contribution < 1.29 is 4.79 Å². The minimum atomic E-state index is 0.0411. The second kappa shape index (κ2) is 7.94. The zero-order valence-electron chi connectivity index (χ0n) is 14.9. The summed E-state index contributed by atoms with van der Waals surface area (Å²) in [6, 6.07) is 9.53. The van der Waals surface area contributed by atoms with Crippen molar-refractivity contribution in [3.8, 4) is 5.82 Å². The van der Waals surface area contributed by atoms with Crippen molar-refractivity contribution in [1.29, 1.82) is 0 Å². The predicted octanol–water partition coefficient (Wildman–Crippen LogP) is 1.59. The number of hydrogen-bond donors (Lipinski definition) is 1. The van der Waals surface area contributed by atoms with Gasteiger partial charge in [-0.05, 0) is 48.7 Å². The maximum absolute atomic E-state index is 12.4. The van der Waals surface area contributed by atoms with E-state index in [2.05, 4.69) is 30.5 Å². The SMILES string of the molecule is O=C(NCc1ccncc1)C1CCN(c2ccc(-n3cccn3)nn2)CC1. The van der Waals surface area contributed by atoms with Gasteiger partial charge in [0.05, 0.1) is 0 Å². The zero-order valence-corrected chi connectivity index (χ0v) is 14.9. The van der Waals surface area contributed by atoms with Crippen LogP contribution in [-0.4, -0.2) is 44.0 Å². The summed E-state index contributed by atoms with van der Waals surface area (Å²) in [6.45, 7) is 2.13. The van der Waals surface area contributed by atoms with Gasteiger partial charge in [-0.2, -0.15) is 5.10 Å². The molecule has 8 heteroatoms. The third-order valence-electron chi connectivity index (χ3n) is 4.78. The zero-order chi connectivity index (χ0) is 18.5. The first-order chi connectivity index (χ1) is 13.3. The molecule has 0 unspecified atom stereocenters. The van der Waals surface area contributed by atoms with Crippen LogP contribution in [0.3, 0.4) is 0 Å². The van der Waals surface area contributed by atoms with Gasteiger partial charge in [-0.1, -0.05) is 0 Å². The molecule has 27 heavy (non-hydrogen) atoms. The van der Waals surface area contributed by atoms with Crippen LogP contribution >= 0.6 is 0 Å². The van der Waals surface area contributed by atoms with E-state index >= 15 is 0 Å². The average Bonchev–Trinajstić information content (AvgIpc) is 3.28. The molecule has 0 atom stereocenters. The van der Waals surface area contributed by atoms with E-state index in [1.165, 1.54) is 0 Å². The monoisotopic (exact) mass is 363 g/mol. The van der Waals surface area contributed by atoms with E-state index in [1.54, 1.807) is 23.3 Å². The molecule has 8 nitrogen and oxygen atoms in total. The molecule has 0 aliphatic carbocycles. The van der Waals surface area contributed by atoms with Gasteiger partial charge in [0.15, 0.2) is 11.6 Å². The standard InChI is InChI=1S/C19H21N7O/c27-19(21-14-15-4-9-20-10-5-15)16-6-12-25(13-7-16)17-2-3-18(24-23-17)26-11-1-8-22-26/h1-5,8-11,16H,6-7,12-14H2,(H,21,27). The first kappa shape index (κ1) is 17.1. The predicted molar refractivity (Wildman–Crippen MR) is 100 cm³/mol. The molecule has 1 aliphatic rings. The lowest BCUT2D eigenvalue weighted by molar-refractivity contribution is -0.125. The van der Waals surface area contributed by atoms with Crippen molar-refractivity contribution >= 4 is 11.7 Å². The highest BCUT2D eigenvalue weighted by molar-refractivity contribution is 5.78. The Labute approximate surface area is 157 Å². The van der Waals surface area contributed by atoms with E-state index < -0.39 is 0 Å². The van der Waals surface area contributed by atoms with Crippen LogP contribution in [0.4, 0.5) is 5.82 Å². The molecule has 1 saturated heterocycles. The van der Waals surface area contributed by atoms with E-state index in [-0.39, 0.29) is 11.8 Å². The van der Waals surface area contributed by atoms with E-state index in [4.69, 9.17) is 0 Å². The van der Waals surface area contributed by atoms with Gasteiger partial charge in [0.25, 0.3) is 0 Å². The van der Waals surface area contributed by atoms with E-state index in [0.29, 0.717) is 12.4 Å². The third kappa shape index (κ3) is 4.11. The molecule has 4 rings (SSSR count). The fourth-order valence-electron chi connectivity index (χ4n) is 3.22. The number of pyridine rings is 1. The number of amides is 1. The molecular formula is C19H21N7O. The number of carbonyl (C=O) groups excluding carboxylic acids is 1. The molecular weight excluding hydrogens is 342 g/mol. The van der Waals surface area contributed by atoms with Crippen LogP contribution in [-0.2, 0) is 11.3 Å². The maximum atomic E-state index is 12.4. The number of aromatic nitrogens is 5. The Morgan fingerprint density at radius 3 is 2.44 bits per heavy atom. The van der Waals surface area contributed by atoms with Crippen LogP contribution in [0.15, 0.2) is 55.1 Å². The van der Waals surface area contributed by atoms with E-state index in [0.717, 1.165) is 37.3 Å². The van der Waals surface area contributed by atoms with Gasteiger partial charge in [-0.3, -0.25) is 9.78 Å². The molecule has 0 spiro atoms.